The second-order valence-electron chi connectivity index (χ2n) is 6.63. The summed E-state index contributed by atoms with van der Waals surface area (Å²) in [7, 11) is 1.63. The minimum Gasteiger partial charge on any atom is -0.496 e. The Morgan fingerprint density at radius 2 is 2.07 bits per heavy atom. The summed E-state index contributed by atoms with van der Waals surface area (Å²) < 4.78 is 11.5. The van der Waals surface area contributed by atoms with E-state index in [4.69, 9.17) is 9.15 Å². The third-order valence-corrected chi connectivity index (χ3v) is 5.46. The fourth-order valence-electron chi connectivity index (χ4n) is 3.41. The highest BCUT2D eigenvalue weighted by Crippen LogP contribution is 2.40. The van der Waals surface area contributed by atoms with Crippen molar-refractivity contribution in [3.05, 3.63) is 71.4 Å². The molecule has 0 aliphatic rings. The van der Waals surface area contributed by atoms with Gasteiger partial charge in [-0.1, -0.05) is 30.3 Å². The van der Waals surface area contributed by atoms with Gasteiger partial charge in [-0.05, 0) is 31.1 Å². The fourth-order valence-corrected chi connectivity index (χ4v) is 3.95. The van der Waals surface area contributed by atoms with E-state index < -0.39 is 0 Å². The van der Waals surface area contributed by atoms with Gasteiger partial charge in [0.2, 0.25) is 5.91 Å². The van der Waals surface area contributed by atoms with E-state index in [1.807, 2.05) is 55.6 Å². The van der Waals surface area contributed by atoms with Gasteiger partial charge in [0.05, 0.1) is 13.4 Å². The van der Waals surface area contributed by atoms with Crippen LogP contribution >= 0.6 is 11.3 Å². The normalized spacial score (nSPS) is 11.6. The summed E-state index contributed by atoms with van der Waals surface area (Å²) in [5.41, 5.74) is 5.41. The molecule has 4 rings (SSSR count). The number of benzene rings is 2. The molecule has 146 valence electrons. The van der Waals surface area contributed by atoms with Crippen molar-refractivity contribution < 1.29 is 13.9 Å². The summed E-state index contributed by atoms with van der Waals surface area (Å²) in [6.45, 7) is 3.86. The first-order valence-corrected chi connectivity index (χ1v) is 10.00. The van der Waals surface area contributed by atoms with Crippen molar-refractivity contribution in [3.63, 3.8) is 0 Å². The third-order valence-electron chi connectivity index (χ3n) is 4.77. The number of hydrogen-bond donors (Lipinski definition) is 1. The summed E-state index contributed by atoms with van der Waals surface area (Å²) in [5, 5.41) is 6.15. The lowest BCUT2D eigenvalue weighted by atomic mass is 9.96. The van der Waals surface area contributed by atoms with Crippen LogP contribution < -0.4 is 10.1 Å². The molecule has 4 aromatic rings. The number of fused-ring (bicyclic) bond motifs is 1. The SMILES string of the molecule is COc1c(/C(C)=C/C(=O)Nc2nccs2)cc2c(-c3ccccc3)coc2c1C. The molecule has 0 aliphatic heterocycles. The van der Waals surface area contributed by atoms with E-state index in [-0.39, 0.29) is 5.91 Å². The molecule has 0 saturated heterocycles. The molecule has 2 aromatic carbocycles. The van der Waals surface area contributed by atoms with Gasteiger partial charge in [-0.25, -0.2) is 4.98 Å². The largest absolute Gasteiger partial charge is 0.496 e. The van der Waals surface area contributed by atoms with Gasteiger partial charge in [0, 0.05) is 39.7 Å². The van der Waals surface area contributed by atoms with Crippen LogP contribution in [0.1, 0.15) is 18.1 Å². The number of anilines is 1. The Kier molecular flexibility index (Phi) is 5.18. The summed E-state index contributed by atoms with van der Waals surface area (Å²) >= 11 is 1.38. The van der Waals surface area contributed by atoms with Crippen LogP contribution in [0.5, 0.6) is 5.75 Å². The number of carbonyl (C=O) groups is 1. The van der Waals surface area contributed by atoms with E-state index >= 15 is 0 Å². The number of nitrogens with one attached hydrogen (secondary N) is 1. The van der Waals surface area contributed by atoms with E-state index in [1.165, 1.54) is 11.3 Å². The Morgan fingerprint density at radius 3 is 2.76 bits per heavy atom. The average molecular weight is 404 g/mol. The quantitative estimate of drug-likeness (QED) is 0.420. The zero-order chi connectivity index (χ0) is 20.4. The van der Waals surface area contributed by atoms with Gasteiger partial charge in [-0.3, -0.25) is 10.1 Å². The van der Waals surface area contributed by atoms with E-state index in [2.05, 4.69) is 10.3 Å². The highest BCUT2D eigenvalue weighted by atomic mass is 32.1. The number of nitrogens with zero attached hydrogens (tertiary/aromatic N) is 1. The number of carbonyl (C=O) groups excluding carboxylic acids is 1. The first-order chi connectivity index (χ1) is 14.1. The number of rotatable bonds is 5. The first kappa shape index (κ1) is 19.0. The topological polar surface area (TPSA) is 64.4 Å². The standard InChI is InChI=1S/C23H20N2O3S/c1-14(11-20(26)25-23-24-9-10-29-23)17-12-18-19(16-7-5-4-6-8-16)13-28-22(18)15(2)21(17)27-3/h4-13H,1-3H3,(H,24,25,26)/b14-11+. The van der Waals surface area contributed by atoms with Crippen LogP contribution in [-0.2, 0) is 4.79 Å². The molecule has 1 amide bonds. The molecule has 2 aromatic heterocycles. The van der Waals surface area contributed by atoms with Crippen LogP contribution in [0.2, 0.25) is 0 Å². The number of amides is 1. The predicted octanol–water partition coefficient (Wildman–Crippen LogP) is 5.92. The molecule has 0 spiro atoms. The lowest BCUT2D eigenvalue weighted by Crippen LogP contribution is -2.08. The third kappa shape index (κ3) is 3.67. The van der Waals surface area contributed by atoms with Gasteiger partial charge in [0.1, 0.15) is 11.3 Å². The van der Waals surface area contributed by atoms with Crippen LogP contribution in [-0.4, -0.2) is 18.0 Å². The summed E-state index contributed by atoms with van der Waals surface area (Å²) in [6.07, 6.45) is 4.98. The number of aromatic nitrogens is 1. The zero-order valence-electron chi connectivity index (χ0n) is 16.4. The van der Waals surface area contributed by atoms with E-state index in [0.29, 0.717) is 10.9 Å². The maximum atomic E-state index is 12.4. The van der Waals surface area contributed by atoms with E-state index in [1.54, 1.807) is 25.6 Å². The van der Waals surface area contributed by atoms with Crippen LogP contribution in [0.15, 0.2) is 64.7 Å². The Labute approximate surface area is 172 Å². The highest BCUT2D eigenvalue weighted by Gasteiger charge is 2.18. The number of hydrogen-bond acceptors (Lipinski definition) is 5. The predicted molar refractivity (Wildman–Crippen MR) is 117 cm³/mol. The second-order valence-corrected chi connectivity index (χ2v) is 7.52. The Morgan fingerprint density at radius 1 is 1.28 bits per heavy atom. The van der Waals surface area contributed by atoms with Crippen molar-refractivity contribution in [2.75, 3.05) is 12.4 Å². The van der Waals surface area contributed by atoms with Crippen molar-refractivity contribution in [3.8, 4) is 16.9 Å². The molecule has 6 heteroatoms. The molecule has 0 fully saturated rings. The van der Waals surface area contributed by atoms with Crippen LogP contribution in [0.25, 0.3) is 27.7 Å². The maximum Gasteiger partial charge on any atom is 0.250 e. The average Bonchev–Trinajstić information content (AvgIpc) is 3.38. The Hall–Kier alpha value is -3.38. The molecule has 2 heterocycles. The molecule has 0 bridgehead atoms. The number of thiazole rings is 1. The van der Waals surface area contributed by atoms with E-state index in [0.717, 1.165) is 38.8 Å². The lowest BCUT2D eigenvalue weighted by Gasteiger charge is -2.13. The number of aryl methyl sites for hydroxylation is 1. The number of allylic oxidation sites excluding steroid dienone is 1. The smallest absolute Gasteiger partial charge is 0.250 e. The van der Waals surface area contributed by atoms with Gasteiger partial charge in [-0.15, -0.1) is 11.3 Å². The van der Waals surface area contributed by atoms with Crippen molar-refractivity contribution in [1.29, 1.82) is 0 Å². The molecule has 0 unspecified atom stereocenters. The number of ether oxygens (including phenoxy) is 1. The van der Waals surface area contributed by atoms with Crippen molar-refractivity contribution in [2.24, 2.45) is 0 Å². The van der Waals surface area contributed by atoms with E-state index in [9.17, 15) is 4.79 Å². The Bertz CT molecular complexity index is 1190. The summed E-state index contributed by atoms with van der Waals surface area (Å²) in [6, 6.07) is 12.1. The first-order valence-electron chi connectivity index (χ1n) is 9.12. The van der Waals surface area contributed by atoms with Gasteiger partial charge < -0.3 is 9.15 Å². The van der Waals surface area contributed by atoms with Gasteiger partial charge in [-0.2, -0.15) is 0 Å². The molecule has 0 saturated carbocycles. The molecule has 0 atom stereocenters. The molecular formula is C23H20N2O3S. The fraction of sp³-hybridized carbons (Fsp3) is 0.130. The lowest BCUT2D eigenvalue weighted by molar-refractivity contribution is -0.111. The van der Waals surface area contributed by atoms with Crippen LogP contribution in [0, 0.1) is 6.92 Å². The van der Waals surface area contributed by atoms with Gasteiger partial charge >= 0.3 is 0 Å². The summed E-state index contributed by atoms with van der Waals surface area (Å²) in [4.78, 5) is 16.5. The van der Waals surface area contributed by atoms with Crippen molar-refractivity contribution in [2.45, 2.75) is 13.8 Å². The van der Waals surface area contributed by atoms with Crippen LogP contribution in [0.3, 0.4) is 0 Å². The van der Waals surface area contributed by atoms with Crippen LogP contribution in [0.4, 0.5) is 5.13 Å². The molecular weight excluding hydrogens is 384 g/mol. The second kappa shape index (κ2) is 7.93. The summed E-state index contributed by atoms with van der Waals surface area (Å²) in [5.74, 6) is 0.468. The molecule has 0 aliphatic carbocycles. The van der Waals surface area contributed by atoms with Crippen molar-refractivity contribution in [1.82, 2.24) is 4.98 Å². The maximum absolute atomic E-state index is 12.4. The van der Waals surface area contributed by atoms with Crippen molar-refractivity contribution >= 4 is 38.9 Å². The molecule has 5 nitrogen and oxygen atoms in total. The minimum absolute atomic E-state index is 0.229. The molecule has 29 heavy (non-hydrogen) atoms. The van der Waals surface area contributed by atoms with Gasteiger partial charge in [0.15, 0.2) is 5.13 Å². The number of furan rings is 1. The molecule has 0 radical (unpaired) electrons. The zero-order valence-corrected chi connectivity index (χ0v) is 17.2. The minimum atomic E-state index is -0.229. The Balaban J connectivity index is 1.80. The van der Waals surface area contributed by atoms with Gasteiger partial charge in [0.25, 0.3) is 0 Å². The number of methoxy groups -OCH3 is 1. The highest BCUT2D eigenvalue weighted by molar-refractivity contribution is 7.13. The molecule has 1 N–H and O–H groups in total. The monoisotopic (exact) mass is 404 g/mol.